The minimum atomic E-state index is -0.597. The largest absolute Gasteiger partial charge is 0.465 e. The van der Waals surface area contributed by atoms with Gasteiger partial charge in [-0.25, -0.2) is 32.8 Å². The maximum atomic E-state index is 13.5. The SMILES string of the molecule is COC(=O)c1ccc(CN(C(=O)N2CCN(C(=O)OC(C)(C)C)CC2)c2ccc(F)cc2)nc1.COC(=O)c1ccc(CN(C(=O)N2CCNCC2)c2ccc(F)cc2)nc1.Cl. The van der Waals surface area contributed by atoms with Crippen LogP contribution in [0.4, 0.5) is 34.5 Å². The number of amides is 5. The van der Waals surface area contributed by atoms with Crippen LogP contribution in [0.3, 0.4) is 0 Å². The van der Waals surface area contributed by atoms with Crippen molar-refractivity contribution in [3.05, 3.63) is 119 Å². The fourth-order valence-corrected chi connectivity index (χ4v) is 6.22. The number of carbonyl (C=O) groups is 5. The summed E-state index contributed by atoms with van der Waals surface area (Å²) in [5.74, 6) is -1.76. The van der Waals surface area contributed by atoms with Crippen molar-refractivity contribution in [1.82, 2.24) is 30.0 Å². The molecular formula is C43H51ClF2N8O8. The highest BCUT2D eigenvalue weighted by molar-refractivity contribution is 5.93. The van der Waals surface area contributed by atoms with E-state index in [9.17, 15) is 32.8 Å². The van der Waals surface area contributed by atoms with E-state index in [2.05, 4.69) is 24.8 Å². The summed E-state index contributed by atoms with van der Waals surface area (Å²) >= 11 is 0. The molecule has 16 nitrogen and oxygen atoms in total. The molecule has 19 heteroatoms. The van der Waals surface area contributed by atoms with Crippen LogP contribution in [0.15, 0.2) is 85.2 Å². The number of urea groups is 2. The van der Waals surface area contributed by atoms with Gasteiger partial charge < -0.3 is 34.2 Å². The van der Waals surface area contributed by atoms with Crippen LogP contribution in [0, 0.1) is 11.6 Å². The Hall–Kier alpha value is -6.40. The molecule has 2 aromatic heterocycles. The lowest BCUT2D eigenvalue weighted by Gasteiger charge is -2.38. The van der Waals surface area contributed by atoms with Crippen molar-refractivity contribution in [2.24, 2.45) is 0 Å². The first-order chi connectivity index (χ1) is 29.1. The molecule has 1 N–H and O–H groups in total. The lowest BCUT2D eigenvalue weighted by Crippen LogP contribution is -2.54. The number of ether oxygens (including phenoxy) is 3. The molecule has 4 aromatic rings. The van der Waals surface area contributed by atoms with Crippen molar-refractivity contribution in [3.8, 4) is 0 Å². The van der Waals surface area contributed by atoms with E-state index in [0.29, 0.717) is 73.2 Å². The quantitative estimate of drug-likeness (QED) is 0.159. The molecular weight excluding hydrogens is 830 g/mol. The Morgan fingerprint density at radius 2 is 1.00 bits per heavy atom. The molecule has 0 radical (unpaired) electrons. The molecule has 62 heavy (non-hydrogen) atoms. The number of halogens is 3. The van der Waals surface area contributed by atoms with Gasteiger partial charge >= 0.3 is 30.1 Å². The number of pyridine rings is 2. The zero-order valence-electron chi connectivity index (χ0n) is 35.2. The average Bonchev–Trinajstić information content (AvgIpc) is 3.27. The predicted molar refractivity (Wildman–Crippen MR) is 228 cm³/mol. The molecule has 6 rings (SSSR count). The number of benzene rings is 2. The van der Waals surface area contributed by atoms with E-state index >= 15 is 0 Å². The maximum Gasteiger partial charge on any atom is 0.410 e. The van der Waals surface area contributed by atoms with Gasteiger partial charge in [0.15, 0.2) is 0 Å². The van der Waals surface area contributed by atoms with E-state index in [0.717, 1.165) is 13.1 Å². The summed E-state index contributed by atoms with van der Waals surface area (Å²) in [4.78, 5) is 78.5. The molecule has 2 aromatic carbocycles. The third-order valence-electron chi connectivity index (χ3n) is 9.46. The number of methoxy groups -OCH3 is 2. The molecule has 0 aliphatic carbocycles. The number of carbonyl (C=O) groups excluding carboxylic acids is 5. The molecule has 2 aliphatic heterocycles. The molecule has 0 saturated carbocycles. The van der Waals surface area contributed by atoms with E-state index in [1.165, 1.54) is 67.9 Å². The summed E-state index contributed by atoms with van der Waals surface area (Å²) in [7, 11) is 2.59. The number of nitrogens with one attached hydrogen (secondary N) is 1. The second kappa shape index (κ2) is 22.4. The average molecular weight is 881 g/mol. The molecule has 2 fully saturated rings. The van der Waals surface area contributed by atoms with E-state index < -0.39 is 29.5 Å². The molecule has 5 amide bonds. The fraction of sp³-hybridized carbons (Fsp3) is 0.372. The third kappa shape index (κ3) is 13.6. The first-order valence-electron chi connectivity index (χ1n) is 19.5. The Kier molecular flexibility index (Phi) is 17.5. The highest BCUT2D eigenvalue weighted by atomic mass is 35.5. The molecule has 0 atom stereocenters. The first-order valence-corrected chi connectivity index (χ1v) is 19.5. The van der Waals surface area contributed by atoms with Crippen molar-refractivity contribution in [2.45, 2.75) is 39.5 Å². The number of hydrogen-bond acceptors (Lipinski definition) is 11. The van der Waals surface area contributed by atoms with Crippen LogP contribution < -0.4 is 15.1 Å². The summed E-state index contributed by atoms with van der Waals surface area (Å²) < 4.78 is 41.6. The third-order valence-corrected chi connectivity index (χ3v) is 9.46. The fourth-order valence-electron chi connectivity index (χ4n) is 6.22. The van der Waals surface area contributed by atoms with Crippen molar-refractivity contribution in [1.29, 1.82) is 0 Å². The van der Waals surface area contributed by atoms with Gasteiger partial charge in [0.05, 0.1) is 49.8 Å². The zero-order chi connectivity index (χ0) is 44.1. The minimum Gasteiger partial charge on any atom is -0.465 e. The Balaban J connectivity index is 0.000000275. The van der Waals surface area contributed by atoms with Gasteiger partial charge in [0.2, 0.25) is 0 Å². The molecule has 0 bridgehead atoms. The Labute approximate surface area is 365 Å². The monoisotopic (exact) mass is 880 g/mol. The van der Waals surface area contributed by atoms with Crippen LogP contribution in [0.25, 0.3) is 0 Å². The molecule has 2 saturated heterocycles. The number of anilines is 2. The number of nitrogens with zero attached hydrogens (tertiary/aromatic N) is 7. The van der Waals surface area contributed by atoms with Crippen molar-refractivity contribution in [2.75, 3.05) is 76.4 Å². The standard InChI is InChI=1S/C24H29FN4O5.C19H21FN4O3.ClH/c1-24(2,3)34-23(32)28-13-11-27(12-14-28)22(31)29(20-9-6-18(25)7-10-20)16-19-8-5-17(15-26-19)21(30)33-4;1-27-18(25)14-2-5-16(22-12-14)13-24(17-6-3-15(20)4-7-17)19(26)23-10-8-21-9-11-23;/h5-10,15H,11-14,16H2,1-4H3;2-7,12,21H,8-11,13H2,1H3;1H. The number of aromatic nitrogens is 2. The minimum absolute atomic E-state index is 0. The van der Waals surface area contributed by atoms with E-state index in [-0.39, 0.29) is 43.4 Å². The zero-order valence-corrected chi connectivity index (χ0v) is 36.0. The van der Waals surface area contributed by atoms with Gasteiger partial charge in [0.1, 0.15) is 17.2 Å². The predicted octanol–water partition coefficient (Wildman–Crippen LogP) is 6.15. The van der Waals surface area contributed by atoms with Crippen LogP contribution in [0.1, 0.15) is 52.9 Å². The van der Waals surface area contributed by atoms with Crippen molar-refractivity contribution < 1.29 is 47.0 Å². The lowest BCUT2D eigenvalue weighted by molar-refractivity contribution is 0.0171. The molecule has 2 aliphatic rings. The Morgan fingerprint density at radius 3 is 1.35 bits per heavy atom. The number of hydrogen-bond donors (Lipinski definition) is 1. The van der Waals surface area contributed by atoms with Crippen LogP contribution >= 0.6 is 12.4 Å². The van der Waals surface area contributed by atoms with Gasteiger partial charge in [-0.05, 0) is 93.6 Å². The smallest absolute Gasteiger partial charge is 0.410 e. The summed E-state index contributed by atoms with van der Waals surface area (Å²) in [6.45, 7) is 9.71. The van der Waals surface area contributed by atoms with Gasteiger partial charge in [-0.2, -0.15) is 0 Å². The number of rotatable bonds is 8. The highest BCUT2D eigenvalue weighted by Crippen LogP contribution is 2.23. The van der Waals surface area contributed by atoms with Gasteiger partial charge in [-0.3, -0.25) is 19.8 Å². The van der Waals surface area contributed by atoms with Crippen LogP contribution in [0.2, 0.25) is 0 Å². The van der Waals surface area contributed by atoms with E-state index in [1.807, 2.05) is 0 Å². The lowest BCUT2D eigenvalue weighted by atomic mass is 10.2. The molecule has 0 unspecified atom stereocenters. The van der Waals surface area contributed by atoms with Crippen molar-refractivity contribution >= 4 is 53.9 Å². The topological polar surface area (TPSA) is 167 Å². The number of esters is 2. The Morgan fingerprint density at radius 1 is 0.613 bits per heavy atom. The second-order valence-electron chi connectivity index (χ2n) is 14.9. The van der Waals surface area contributed by atoms with E-state index in [1.54, 1.807) is 76.8 Å². The maximum absolute atomic E-state index is 13.5. The molecule has 0 spiro atoms. The summed E-state index contributed by atoms with van der Waals surface area (Å²) in [5, 5.41) is 3.21. The van der Waals surface area contributed by atoms with Crippen LogP contribution in [-0.4, -0.2) is 127 Å². The van der Waals surface area contributed by atoms with Gasteiger partial charge in [0.25, 0.3) is 0 Å². The Bertz CT molecular complexity index is 2110. The molecule has 4 heterocycles. The van der Waals surface area contributed by atoms with Crippen LogP contribution in [0.5, 0.6) is 0 Å². The van der Waals surface area contributed by atoms with Gasteiger partial charge in [-0.15, -0.1) is 12.4 Å². The van der Waals surface area contributed by atoms with Crippen LogP contribution in [-0.2, 0) is 27.3 Å². The highest BCUT2D eigenvalue weighted by Gasteiger charge is 2.31. The summed E-state index contributed by atoms with van der Waals surface area (Å²) in [6, 6.07) is 17.4. The normalized spacial score (nSPS) is 13.7. The molecule has 332 valence electrons. The van der Waals surface area contributed by atoms with Gasteiger partial charge in [0, 0.05) is 76.1 Å². The number of piperazine rings is 2. The van der Waals surface area contributed by atoms with Gasteiger partial charge in [-0.1, -0.05) is 0 Å². The van der Waals surface area contributed by atoms with E-state index in [4.69, 9.17) is 4.74 Å². The summed E-state index contributed by atoms with van der Waals surface area (Å²) in [6.07, 6.45) is 2.39. The second-order valence-corrected chi connectivity index (χ2v) is 14.9. The summed E-state index contributed by atoms with van der Waals surface area (Å²) in [5.41, 5.74) is 2.26. The van der Waals surface area contributed by atoms with Crippen molar-refractivity contribution in [3.63, 3.8) is 0 Å². The first kappa shape index (κ1) is 48.3.